The number of nitrogens with one attached hydrogen (secondary N) is 2. The zero-order valence-electron chi connectivity index (χ0n) is 27.0. The van der Waals surface area contributed by atoms with Crippen molar-refractivity contribution in [3.05, 3.63) is 64.7 Å². The van der Waals surface area contributed by atoms with Crippen LogP contribution in [0, 0.1) is 13.8 Å². The maximum absolute atomic E-state index is 14.7. The maximum atomic E-state index is 14.7. The predicted molar refractivity (Wildman–Crippen MR) is 167 cm³/mol. The number of phenolic OH excluding ortho intramolecular Hbond substituents is 1. The Kier molecular flexibility index (Phi) is 12.4. The van der Waals surface area contributed by atoms with E-state index in [1.54, 1.807) is 49.9 Å². The Balaban J connectivity index is 2.67. The van der Waals surface area contributed by atoms with Crippen molar-refractivity contribution in [2.75, 3.05) is 6.54 Å². The third-order valence-corrected chi connectivity index (χ3v) is 7.65. The SMILES string of the molecule is CCCCCNC(=O)C(c1cccc(C)c1C)N(C(=O)C(Cc1ccc(O)cc1)NC(=O)OC(C)(C)C)C(C)(C)CC. The van der Waals surface area contributed by atoms with Crippen molar-refractivity contribution in [2.24, 2.45) is 0 Å². The number of ether oxygens (including phenoxy) is 1. The van der Waals surface area contributed by atoms with Crippen LogP contribution in [0.25, 0.3) is 0 Å². The molecule has 0 saturated heterocycles. The highest BCUT2D eigenvalue weighted by atomic mass is 16.6. The van der Waals surface area contributed by atoms with Crippen LogP contribution in [0.15, 0.2) is 42.5 Å². The Morgan fingerprint density at radius 1 is 0.952 bits per heavy atom. The van der Waals surface area contributed by atoms with E-state index in [9.17, 15) is 19.5 Å². The molecule has 2 aromatic carbocycles. The van der Waals surface area contributed by atoms with E-state index in [1.807, 2.05) is 52.8 Å². The summed E-state index contributed by atoms with van der Waals surface area (Å²) in [4.78, 5) is 43.5. The van der Waals surface area contributed by atoms with Gasteiger partial charge in [0.05, 0.1) is 0 Å². The molecule has 2 atom stereocenters. The summed E-state index contributed by atoms with van der Waals surface area (Å²) in [7, 11) is 0. The molecule has 3 amide bonds. The van der Waals surface area contributed by atoms with Crippen LogP contribution in [0.3, 0.4) is 0 Å². The third-order valence-electron chi connectivity index (χ3n) is 7.65. The molecule has 3 N–H and O–H groups in total. The van der Waals surface area contributed by atoms with Gasteiger partial charge in [0.15, 0.2) is 0 Å². The molecule has 0 aliphatic carbocycles. The fraction of sp³-hybridized carbons (Fsp3) is 0.559. The number of hydrogen-bond acceptors (Lipinski definition) is 5. The first-order chi connectivity index (χ1) is 19.6. The number of amides is 3. The molecule has 2 aromatic rings. The van der Waals surface area contributed by atoms with E-state index in [1.165, 1.54) is 0 Å². The monoisotopic (exact) mass is 581 g/mol. The second-order valence-electron chi connectivity index (χ2n) is 12.6. The molecule has 0 saturated carbocycles. The summed E-state index contributed by atoms with van der Waals surface area (Å²) in [6, 6.07) is 10.4. The summed E-state index contributed by atoms with van der Waals surface area (Å²) >= 11 is 0. The van der Waals surface area contributed by atoms with E-state index in [-0.39, 0.29) is 18.1 Å². The van der Waals surface area contributed by atoms with Crippen molar-refractivity contribution in [2.45, 2.75) is 118 Å². The number of rotatable bonds is 13. The summed E-state index contributed by atoms with van der Waals surface area (Å²) in [5.41, 5.74) is 1.93. The van der Waals surface area contributed by atoms with Gasteiger partial charge >= 0.3 is 6.09 Å². The standard InChI is InChI=1S/C34H51N3O5/c1-10-12-13-21-35-30(39)29(27-16-14-15-23(3)24(27)4)37(34(8,9)11-2)31(40)28(36-32(41)42-33(5,6)7)22-25-17-19-26(38)20-18-25/h14-20,28-29,38H,10-13,21-22H2,1-9H3,(H,35,39)(H,36,41). The fourth-order valence-corrected chi connectivity index (χ4v) is 4.78. The van der Waals surface area contributed by atoms with E-state index < -0.39 is 35.2 Å². The van der Waals surface area contributed by atoms with Gasteiger partial charge in [0, 0.05) is 18.5 Å². The van der Waals surface area contributed by atoms with Crippen molar-refractivity contribution in [1.29, 1.82) is 0 Å². The largest absolute Gasteiger partial charge is 0.508 e. The lowest BCUT2D eigenvalue weighted by Gasteiger charge is -2.45. The van der Waals surface area contributed by atoms with E-state index >= 15 is 0 Å². The van der Waals surface area contributed by atoms with Gasteiger partial charge in [-0.05, 0) is 95.7 Å². The van der Waals surface area contributed by atoms with Crippen molar-refractivity contribution in [3.63, 3.8) is 0 Å². The van der Waals surface area contributed by atoms with Crippen LogP contribution in [-0.2, 0) is 20.7 Å². The molecule has 0 radical (unpaired) electrons. The van der Waals surface area contributed by atoms with Crippen LogP contribution in [0.2, 0.25) is 0 Å². The number of aromatic hydroxyl groups is 1. The first-order valence-electron chi connectivity index (χ1n) is 15.1. The molecule has 2 unspecified atom stereocenters. The number of benzene rings is 2. The van der Waals surface area contributed by atoms with Crippen LogP contribution < -0.4 is 10.6 Å². The lowest BCUT2D eigenvalue weighted by Crippen LogP contribution is -2.60. The molecule has 0 spiro atoms. The third kappa shape index (κ3) is 9.78. The second kappa shape index (κ2) is 15.1. The topological polar surface area (TPSA) is 108 Å². The van der Waals surface area contributed by atoms with E-state index in [4.69, 9.17) is 4.74 Å². The number of carbonyl (C=O) groups is 3. The van der Waals surface area contributed by atoms with Gasteiger partial charge in [-0.1, -0.05) is 57.0 Å². The Morgan fingerprint density at radius 3 is 2.17 bits per heavy atom. The van der Waals surface area contributed by atoms with Gasteiger partial charge in [-0.25, -0.2) is 4.79 Å². The normalized spacial score (nSPS) is 13.2. The molecule has 232 valence electrons. The van der Waals surface area contributed by atoms with Crippen molar-refractivity contribution < 1.29 is 24.2 Å². The fourth-order valence-electron chi connectivity index (χ4n) is 4.78. The Hall–Kier alpha value is -3.55. The molecule has 8 nitrogen and oxygen atoms in total. The molecule has 0 fully saturated rings. The van der Waals surface area contributed by atoms with Crippen molar-refractivity contribution in [3.8, 4) is 5.75 Å². The van der Waals surface area contributed by atoms with E-state index in [0.29, 0.717) is 13.0 Å². The minimum Gasteiger partial charge on any atom is -0.508 e. The van der Waals surface area contributed by atoms with Crippen LogP contribution in [0.4, 0.5) is 4.79 Å². The molecule has 0 aromatic heterocycles. The second-order valence-corrected chi connectivity index (χ2v) is 12.6. The molecule has 0 bridgehead atoms. The number of hydrogen-bond donors (Lipinski definition) is 3. The molecule has 0 aliphatic rings. The summed E-state index contributed by atoms with van der Waals surface area (Å²) in [5.74, 6) is -0.545. The quantitative estimate of drug-likeness (QED) is 0.234. The minimum absolute atomic E-state index is 0.102. The molecule has 8 heteroatoms. The highest BCUT2D eigenvalue weighted by Crippen LogP contribution is 2.34. The van der Waals surface area contributed by atoms with Gasteiger partial charge in [-0.3, -0.25) is 9.59 Å². The summed E-state index contributed by atoms with van der Waals surface area (Å²) in [5, 5.41) is 15.7. The minimum atomic E-state index is -1.03. The van der Waals surface area contributed by atoms with Gasteiger partial charge in [-0.2, -0.15) is 0 Å². The van der Waals surface area contributed by atoms with Crippen LogP contribution in [0.5, 0.6) is 5.75 Å². The van der Waals surface area contributed by atoms with E-state index in [2.05, 4.69) is 17.6 Å². The van der Waals surface area contributed by atoms with Gasteiger partial charge in [0.2, 0.25) is 11.8 Å². The van der Waals surface area contributed by atoms with Crippen molar-refractivity contribution >= 4 is 17.9 Å². The molecule has 2 rings (SSSR count). The zero-order chi connectivity index (χ0) is 31.7. The number of unbranched alkanes of at least 4 members (excludes halogenated alkanes) is 2. The number of carbonyl (C=O) groups excluding carboxylic acids is 3. The van der Waals surface area contributed by atoms with Crippen LogP contribution >= 0.6 is 0 Å². The average Bonchev–Trinajstić information content (AvgIpc) is 2.90. The maximum Gasteiger partial charge on any atom is 0.408 e. The zero-order valence-corrected chi connectivity index (χ0v) is 27.0. The lowest BCUT2D eigenvalue weighted by molar-refractivity contribution is -0.149. The van der Waals surface area contributed by atoms with Gasteiger partial charge in [-0.15, -0.1) is 0 Å². The Morgan fingerprint density at radius 2 is 1.60 bits per heavy atom. The summed E-state index contributed by atoms with van der Waals surface area (Å²) < 4.78 is 5.53. The lowest BCUT2D eigenvalue weighted by atomic mass is 9.88. The Bertz CT molecular complexity index is 1200. The molecule has 0 heterocycles. The number of alkyl carbamates (subject to hydrolysis) is 1. The van der Waals surface area contributed by atoms with Crippen LogP contribution in [0.1, 0.15) is 102 Å². The van der Waals surface area contributed by atoms with E-state index in [0.717, 1.165) is 41.5 Å². The predicted octanol–water partition coefficient (Wildman–Crippen LogP) is 6.51. The van der Waals surface area contributed by atoms with Gasteiger partial charge in [0.25, 0.3) is 0 Å². The number of aryl methyl sites for hydroxylation is 1. The molecular weight excluding hydrogens is 530 g/mol. The first-order valence-corrected chi connectivity index (χ1v) is 15.1. The smallest absolute Gasteiger partial charge is 0.408 e. The highest BCUT2D eigenvalue weighted by Gasteiger charge is 2.43. The van der Waals surface area contributed by atoms with Crippen LogP contribution in [-0.4, -0.2) is 51.6 Å². The summed E-state index contributed by atoms with van der Waals surface area (Å²) in [6.45, 7) is 17.7. The van der Waals surface area contributed by atoms with Gasteiger partial charge in [0.1, 0.15) is 23.4 Å². The molecular formula is C34H51N3O5. The van der Waals surface area contributed by atoms with Crippen molar-refractivity contribution in [1.82, 2.24) is 15.5 Å². The summed E-state index contributed by atoms with van der Waals surface area (Å²) in [6.07, 6.45) is 2.86. The van der Waals surface area contributed by atoms with Gasteiger partial charge < -0.3 is 25.4 Å². The Labute approximate surface area is 252 Å². The highest BCUT2D eigenvalue weighted by molar-refractivity contribution is 5.93. The molecule has 0 aliphatic heterocycles. The molecule has 42 heavy (non-hydrogen) atoms. The first kappa shape index (κ1) is 34.7. The number of phenols is 1. The average molecular weight is 582 g/mol. The number of nitrogens with zero attached hydrogens (tertiary/aromatic N) is 1.